The number of nitrogens with two attached hydrogens (primary N) is 2. The Balaban J connectivity index is 1.72. The smallest absolute Gasteiger partial charge is 0.398 e. The summed E-state index contributed by atoms with van der Waals surface area (Å²) in [4.78, 5) is 0. The second-order valence-electron chi connectivity index (χ2n) is 5.97. The molecule has 0 amide bonds. The summed E-state index contributed by atoms with van der Waals surface area (Å²) >= 11 is 0. The van der Waals surface area contributed by atoms with Gasteiger partial charge in [0.05, 0.1) is 0 Å². The van der Waals surface area contributed by atoms with Crippen LogP contribution in [0.25, 0.3) is 21.5 Å². The van der Waals surface area contributed by atoms with Crippen LogP contribution in [0.1, 0.15) is 0 Å². The van der Waals surface area contributed by atoms with Crippen LogP contribution < -0.4 is 19.8 Å². The van der Waals surface area contributed by atoms with Gasteiger partial charge in [0.15, 0.2) is 11.5 Å². The second-order valence-corrected chi connectivity index (χ2v) is 7.12. The van der Waals surface area contributed by atoms with E-state index in [0.717, 1.165) is 0 Å². The van der Waals surface area contributed by atoms with Crippen LogP contribution in [0.3, 0.4) is 0 Å². The molecule has 0 atom stereocenters. The van der Waals surface area contributed by atoms with E-state index in [-0.39, 0.29) is 11.5 Å². The van der Waals surface area contributed by atoms with E-state index in [0.29, 0.717) is 32.9 Å². The Hall–Kier alpha value is -3.45. The van der Waals surface area contributed by atoms with Crippen molar-refractivity contribution in [3.8, 4) is 11.5 Å². The van der Waals surface area contributed by atoms with E-state index in [1.54, 1.807) is 72.8 Å². The lowest BCUT2D eigenvalue weighted by atomic mass is 10.1. The van der Waals surface area contributed by atoms with Crippen molar-refractivity contribution in [2.45, 2.75) is 0 Å². The van der Waals surface area contributed by atoms with Crippen LogP contribution in [0, 0.1) is 0 Å². The van der Waals surface area contributed by atoms with Gasteiger partial charge in [-0.1, -0.05) is 48.5 Å². The van der Waals surface area contributed by atoms with E-state index >= 15 is 0 Å². The molecule has 0 aromatic heterocycles. The van der Waals surface area contributed by atoms with Gasteiger partial charge in [-0.3, -0.25) is 0 Å². The fourth-order valence-corrected chi connectivity index (χ4v) is 3.76. The first kappa shape index (κ1) is 17.0. The summed E-state index contributed by atoms with van der Waals surface area (Å²) in [6.45, 7) is 0. The Bertz CT molecular complexity index is 1180. The quantitative estimate of drug-likeness (QED) is 0.521. The summed E-state index contributed by atoms with van der Waals surface area (Å²) in [7, 11) is -4.38. The highest BCUT2D eigenvalue weighted by atomic mass is 32.3. The third-order valence-electron chi connectivity index (χ3n) is 4.22. The number of anilines is 2. The molecule has 0 aliphatic rings. The third-order valence-corrected chi connectivity index (χ3v) is 4.98. The van der Waals surface area contributed by atoms with Crippen molar-refractivity contribution >= 4 is 43.3 Å². The SMILES string of the molecule is Nc1cccc2c(OS(=O)(=O)Oc3cccc4c(N)cccc34)cccc12. The summed E-state index contributed by atoms with van der Waals surface area (Å²) in [6.07, 6.45) is 0. The van der Waals surface area contributed by atoms with Gasteiger partial charge >= 0.3 is 10.4 Å². The largest absolute Gasteiger partial charge is 0.501 e. The van der Waals surface area contributed by atoms with Gasteiger partial charge in [-0.25, -0.2) is 0 Å². The van der Waals surface area contributed by atoms with Crippen LogP contribution in [-0.2, 0) is 10.4 Å². The van der Waals surface area contributed by atoms with E-state index in [9.17, 15) is 8.42 Å². The molecule has 0 bridgehead atoms. The highest BCUT2D eigenvalue weighted by Crippen LogP contribution is 2.33. The fourth-order valence-electron chi connectivity index (χ4n) is 2.99. The minimum absolute atomic E-state index is 0.138. The van der Waals surface area contributed by atoms with E-state index in [1.165, 1.54) is 0 Å². The zero-order valence-electron chi connectivity index (χ0n) is 14.1. The summed E-state index contributed by atoms with van der Waals surface area (Å²) in [5.41, 5.74) is 12.9. The lowest BCUT2D eigenvalue weighted by molar-refractivity contribution is 0.396. The summed E-state index contributed by atoms with van der Waals surface area (Å²) < 4.78 is 35.5. The summed E-state index contributed by atoms with van der Waals surface area (Å²) in [5, 5.41) is 2.55. The van der Waals surface area contributed by atoms with Crippen LogP contribution >= 0.6 is 0 Å². The number of hydrogen-bond acceptors (Lipinski definition) is 6. The lowest BCUT2D eigenvalue weighted by Gasteiger charge is -2.12. The molecule has 4 aromatic carbocycles. The maximum atomic E-state index is 12.5. The normalized spacial score (nSPS) is 11.6. The molecular weight excluding hydrogens is 364 g/mol. The van der Waals surface area contributed by atoms with Crippen molar-refractivity contribution in [2.24, 2.45) is 0 Å². The number of benzene rings is 4. The first-order valence-corrected chi connectivity index (χ1v) is 9.46. The van der Waals surface area contributed by atoms with Crippen molar-refractivity contribution in [3.63, 3.8) is 0 Å². The Morgan fingerprint density at radius 3 is 1.37 bits per heavy atom. The molecular formula is C20H16N2O4S. The molecule has 0 saturated heterocycles. The molecule has 4 rings (SSSR count). The number of fused-ring (bicyclic) bond motifs is 2. The standard InChI is InChI=1S/C20H16N2O4S/c21-17-9-1-7-15-13(17)5-3-11-19(15)25-27(23,24)26-20-12-4-6-14-16(20)8-2-10-18(14)22/h1-12H,21-22H2. The topological polar surface area (TPSA) is 105 Å². The highest BCUT2D eigenvalue weighted by molar-refractivity contribution is 7.82. The minimum atomic E-state index is -4.38. The van der Waals surface area contributed by atoms with Gasteiger partial charge in [-0.2, -0.15) is 0 Å². The van der Waals surface area contributed by atoms with E-state index < -0.39 is 10.4 Å². The molecule has 0 aliphatic heterocycles. The van der Waals surface area contributed by atoms with Gasteiger partial charge in [0.25, 0.3) is 0 Å². The highest BCUT2D eigenvalue weighted by Gasteiger charge is 2.19. The molecule has 0 spiro atoms. The Morgan fingerprint density at radius 1 is 0.556 bits per heavy atom. The average molecular weight is 380 g/mol. The lowest BCUT2D eigenvalue weighted by Crippen LogP contribution is -2.16. The van der Waals surface area contributed by atoms with Gasteiger partial charge < -0.3 is 19.8 Å². The Kier molecular flexibility index (Phi) is 4.01. The van der Waals surface area contributed by atoms with Crippen LogP contribution in [0.15, 0.2) is 72.8 Å². The molecule has 0 aliphatic carbocycles. The molecule has 0 radical (unpaired) electrons. The molecule has 27 heavy (non-hydrogen) atoms. The number of rotatable bonds is 4. The summed E-state index contributed by atoms with van der Waals surface area (Å²) in [5.74, 6) is 0.277. The molecule has 0 fully saturated rings. The molecule has 7 heteroatoms. The predicted molar refractivity (Wildman–Crippen MR) is 107 cm³/mol. The van der Waals surface area contributed by atoms with Gasteiger partial charge in [0, 0.05) is 32.9 Å². The predicted octanol–water partition coefficient (Wildman–Crippen LogP) is 3.86. The van der Waals surface area contributed by atoms with Crippen molar-refractivity contribution in [1.82, 2.24) is 0 Å². The fraction of sp³-hybridized carbons (Fsp3) is 0. The van der Waals surface area contributed by atoms with Crippen LogP contribution in [-0.4, -0.2) is 8.42 Å². The monoisotopic (exact) mass is 380 g/mol. The van der Waals surface area contributed by atoms with Crippen molar-refractivity contribution in [2.75, 3.05) is 11.5 Å². The maximum absolute atomic E-state index is 12.5. The summed E-state index contributed by atoms with van der Waals surface area (Å²) in [6, 6.07) is 20.4. The van der Waals surface area contributed by atoms with Crippen molar-refractivity contribution < 1.29 is 16.8 Å². The second kappa shape index (κ2) is 6.37. The van der Waals surface area contributed by atoms with Crippen LogP contribution in [0.2, 0.25) is 0 Å². The van der Waals surface area contributed by atoms with E-state index in [1.807, 2.05) is 0 Å². The minimum Gasteiger partial charge on any atom is -0.398 e. The molecule has 136 valence electrons. The van der Waals surface area contributed by atoms with Crippen LogP contribution in [0.5, 0.6) is 11.5 Å². The van der Waals surface area contributed by atoms with E-state index in [2.05, 4.69) is 0 Å². The molecule has 0 saturated carbocycles. The van der Waals surface area contributed by atoms with Gasteiger partial charge in [0.2, 0.25) is 0 Å². The average Bonchev–Trinajstić information content (AvgIpc) is 2.63. The zero-order chi connectivity index (χ0) is 19.0. The first-order valence-electron chi connectivity index (χ1n) is 8.13. The third kappa shape index (κ3) is 3.20. The van der Waals surface area contributed by atoms with Crippen molar-refractivity contribution in [1.29, 1.82) is 0 Å². The Labute approximate surface area is 156 Å². The molecule has 4 aromatic rings. The number of nitrogen functional groups attached to an aromatic ring is 2. The van der Waals surface area contributed by atoms with Gasteiger partial charge in [0.1, 0.15) is 0 Å². The first-order chi connectivity index (χ1) is 12.9. The molecule has 6 nitrogen and oxygen atoms in total. The molecule has 4 N–H and O–H groups in total. The van der Waals surface area contributed by atoms with E-state index in [4.69, 9.17) is 19.8 Å². The van der Waals surface area contributed by atoms with Gasteiger partial charge in [-0.15, -0.1) is 8.42 Å². The molecule has 0 heterocycles. The van der Waals surface area contributed by atoms with Crippen molar-refractivity contribution in [3.05, 3.63) is 72.8 Å². The molecule has 0 unspecified atom stereocenters. The zero-order valence-corrected chi connectivity index (χ0v) is 14.9. The number of hydrogen-bond donors (Lipinski definition) is 2. The Morgan fingerprint density at radius 2 is 0.926 bits per heavy atom. The van der Waals surface area contributed by atoms with Crippen LogP contribution in [0.4, 0.5) is 11.4 Å². The maximum Gasteiger partial charge on any atom is 0.501 e. The van der Waals surface area contributed by atoms with Gasteiger partial charge in [-0.05, 0) is 24.3 Å².